The van der Waals surface area contributed by atoms with Gasteiger partial charge in [-0.15, -0.1) is 10.2 Å². The van der Waals surface area contributed by atoms with Crippen molar-refractivity contribution in [1.82, 2.24) is 24.9 Å². The molecule has 0 saturated heterocycles. The van der Waals surface area contributed by atoms with Crippen molar-refractivity contribution in [3.63, 3.8) is 0 Å². The normalized spacial score (nSPS) is 13.8. The molecule has 0 radical (unpaired) electrons. The van der Waals surface area contributed by atoms with E-state index in [-0.39, 0.29) is 0 Å². The lowest BCUT2D eigenvalue weighted by Crippen LogP contribution is -1.99. The van der Waals surface area contributed by atoms with Crippen LogP contribution in [0.1, 0.15) is 30.5 Å². The van der Waals surface area contributed by atoms with Crippen LogP contribution >= 0.6 is 23.4 Å². The van der Waals surface area contributed by atoms with Crippen molar-refractivity contribution < 1.29 is 4.52 Å². The van der Waals surface area contributed by atoms with E-state index in [4.69, 9.17) is 16.1 Å². The summed E-state index contributed by atoms with van der Waals surface area (Å²) in [6.45, 7) is 0. The number of aromatic nitrogens is 5. The van der Waals surface area contributed by atoms with Gasteiger partial charge >= 0.3 is 0 Å². The summed E-state index contributed by atoms with van der Waals surface area (Å²) in [6, 6.07) is 17.6. The van der Waals surface area contributed by atoms with E-state index in [2.05, 4.69) is 20.3 Å². The van der Waals surface area contributed by atoms with Gasteiger partial charge in [0, 0.05) is 22.2 Å². The van der Waals surface area contributed by atoms with Gasteiger partial charge < -0.3 is 4.52 Å². The molecule has 1 saturated carbocycles. The summed E-state index contributed by atoms with van der Waals surface area (Å²) in [5, 5.41) is 14.4. The lowest BCUT2D eigenvalue weighted by Gasteiger charge is -2.10. The predicted octanol–water partition coefficient (Wildman–Crippen LogP) is 5.14. The van der Waals surface area contributed by atoms with E-state index in [0.717, 1.165) is 41.0 Å². The number of nitrogens with zero attached hydrogens (tertiary/aromatic N) is 5. The number of hydrogen-bond acceptors (Lipinski definition) is 6. The molecule has 6 nitrogen and oxygen atoms in total. The molecule has 2 aromatic heterocycles. The third-order valence-electron chi connectivity index (χ3n) is 4.49. The highest BCUT2D eigenvalue weighted by Crippen LogP contribution is 2.39. The molecule has 1 aliphatic rings. The van der Waals surface area contributed by atoms with E-state index in [9.17, 15) is 0 Å². The van der Waals surface area contributed by atoms with E-state index in [1.165, 1.54) is 11.8 Å². The maximum atomic E-state index is 6.04. The van der Waals surface area contributed by atoms with Crippen molar-refractivity contribution in [2.75, 3.05) is 0 Å². The van der Waals surface area contributed by atoms with E-state index in [1.807, 2.05) is 59.2 Å². The smallest absolute Gasteiger partial charge is 0.229 e. The minimum absolute atomic E-state index is 0.454. The van der Waals surface area contributed by atoms with Crippen molar-refractivity contribution >= 4 is 23.4 Å². The topological polar surface area (TPSA) is 69.6 Å². The van der Waals surface area contributed by atoms with Gasteiger partial charge in [0.2, 0.25) is 5.89 Å². The molecule has 2 aromatic carbocycles. The number of halogens is 1. The zero-order valence-corrected chi connectivity index (χ0v) is 16.4. The average Bonchev–Trinajstić information content (AvgIpc) is 3.32. The van der Waals surface area contributed by atoms with E-state index in [0.29, 0.717) is 22.5 Å². The fourth-order valence-electron chi connectivity index (χ4n) is 2.91. The highest BCUT2D eigenvalue weighted by Gasteiger charge is 2.29. The average molecular weight is 410 g/mol. The Morgan fingerprint density at radius 1 is 1.04 bits per heavy atom. The number of rotatable bonds is 6. The maximum Gasteiger partial charge on any atom is 0.229 e. The Kier molecular flexibility index (Phi) is 4.62. The molecule has 140 valence electrons. The molecule has 0 spiro atoms. The molecule has 0 N–H and O–H groups in total. The third-order valence-corrected chi connectivity index (χ3v) is 5.67. The summed E-state index contributed by atoms with van der Waals surface area (Å²) in [4.78, 5) is 4.49. The Bertz CT molecular complexity index is 1090. The van der Waals surface area contributed by atoms with Crippen molar-refractivity contribution in [2.45, 2.75) is 29.7 Å². The van der Waals surface area contributed by atoms with Crippen LogP contribution in [0.4, 0.5) is 0 Å². The monoisotopic (exact) mass is 409 g/mol. The largest absolute Gasteiger partial charge is 0.339 e. The Morgan fingerprint density at radius 2 is 1.82 bits per heavy atom. The van der Waals surface area contributed by atoms with Crippen LogP contribution in [0.2, 0.25) is 5.02 Å². The van der Waals surface area contributed by atoms with Gasteiger partial charge in [0.15, 0.2) is 16.8 Å². The quantitative estimate of drug-likeness (QED) is 0.410. The van der Waals surface area contributed by atoms with Crippen LogP contribution in [0.15, 0.2) is 64.3 Å². The summed E-state index contributed by atoms with van der Waals surface area (Å²) in [7, 11) is 0. The molecule has 8 heteroatoms. The standard InChI is InChI=1S/C20H16ClN5OS/c21-15-10-8-13(9-11-15)18-23-24-20(26(18)16-4-2-1-3-5-16)28-12-17-22-19(27-25-17)14-6-7-14/h1-5,8-11,14H,6-7,12H2. The second kappa shape index (κ2) is 7.41. The van der Waals surface area contributed by atoms with E-state index >= 15 is 0 Å². The van der Waals surface area contributed by atoms with Gasteiger partial charge in [0.1, 0.15) is 0 Å². The zero-order valence-electron chi connectivity index (χ0n) is 14.8. The van der Waals surface area contributed by atoms with Crippen molar-refractivity contribution in [1.29, 1.82) is 0 Å². The fraction of sp³-hybridized carbons (Fsp3) is 0.200. The molecule has 2 heterocycles. The Balaban J connectivity index is 1.47. The molecule has 5 rings (SSSR count). The fourth-order valence-corrected chi connectivity index (χ4v) is 3.83. The van der Waals surface area contributed by atoms with Crippen LogP contribution < -0.4 is 0 Å². The van der Waals surface area contributed by atoms with E-state index in [1.54, 1.807) is 0 Å². The molecule has 0 unspecified atom stereocenters. The number of thioether (sulfide) groups is 1. The predicted molar refractivity (Wildman–Crippen MR) is 108 cm³/mol. The SMILES string of the molecule is Clc1ccc(-c2nnc(SCc3noc(C4CC4)n3)n2-c2ccccc2)cc1. The van der Waals surface area contributed by atoms with Crippen molar-refractivity contribution in [2.24, 2.45) is 0 Å². The first-order valence-corrected chi connectivity index (χ1v) is 10.4. The van der Waals surface area contributed by atoms with Crippen molar-refractivity contribution in [3.8, 4) is 17.1 Å². The maximum absolute atomic E-state index is 6.04. The summed E-state index contributed by atoms with van der Waals surface area (Å²) < 4.78 is 7.39. The molecule has 0 atom stereocenters. The van der Waals surface area contributed by atoms with Gasteiger partial charge in [-0.3, -0.25) is 4.57 Å². The lowest BCUT2D eigenvalue weighted by molar-refractivity contribution is 0.375. The minimum atomic E-state index is 0.454. The number of para-hydroxylation sites is 1. The molecule has 4 aromatic rings. The Labute approximate surface area is 170 Å². The molecule has 1 fully saturated rings. The highest BCUT2D eigenvalue weighted by atomic mass is 35.5. The Hall–Kier alpha value is -2.64. The van der Waals surface area contributed by atoms with Crippen LogP contribution in [0.25, 0.3) is 17.1 Å². The van der Waals surface area contributed by atoms with Gasteiger partial charge in [0.25, 0.3) is 0 Å². The molecule has 0 amide bonds. The van der Waals surface area contributed by atoms with Crippen LogP contribution in [0.5, 0.6) is 0 Å². The zero-order chi connectivity index (χ0) is 18.9. The first kappa shape index (κ1) is 17.5. The van der Waals surface area contributed by atoms with Gasteiger partial charge in [-0.25, -0.2) is 0 Å². The van der Waals surface area contributed by atoms with Gasteiger partial charge in [0.05, 0.1) is 5.75 Å². The number of hydrogen-bond donors (Lipinski definition) is 0. The molecule has 28 heavy (non-hydrogen) atoms. The molecule has 1 aliphatic carbocycles. The van der Waals surface area contributed by atoms with Crippen LogP contribution in [0.3, 0.4) is 0 Å². The van der Waals surface area contributed by atoms with Gasteiger partial charge in [-0.1, -0.05) is 46.7 Å². The number of benzene rings is 2. The van der Waals surface area contributed by atoms with Crippen LogP contribution in [0, 0.1) is 0 Å². The molecular formula is C20H16ClN5OS. The summed E-state index contributed by atoms with van der Waals surface area (Å²) in [6.07, 6.45) is 2.28. The minimum Gasteiger partial charge on any atom is -0.339 e. The van der Waals surface area contributed by atoms with Crippen molar-refractivity contribution in [3.05, 3.63) is 71.3 Å². The van der Waals surface area contributed by atoms with Crippen LogP contribution in [-0.2, 0) is 5.75 Å². The molecular weight excluding hydrogens is 394 g/mol. The summed E-state index contributed by atoms with van der Waals surface area (Å²) in [5.74, 6) is 3.22. The second-order valence-electron chi connectivity index (χ2n) is 6.60. The summed E-state index contributed by atoms with van der Waals surface area (Å²) >= 11 is 7.57. The molecule has 0 aliphatic heterocycles. The van der Waals surface area contributed by atoms with Gasteiger partial charge in [-0.2, -0.15) is 4.98 Å². The van der Waals surface area contributed by atoms with E-state index < -0.39 is 0 Å². The van der Waals surface area contributed by atoms with Crippen LogP contribution in [-0.4, -0.2) is 24.9 Å². The third kappa shape index (κ3) is 3.55. The van der Waals surface area contributed by atoms with Gasteiger partial charge in [-0.05, 0) is 49.2 Å². The lowest BCUT2D eigenvalue weighted by atomic mass is 10.2. The first-order chi connectivity index (χ1) is 13.8. The first-order valence-electron chi connectivity index (χ1n) is 9.00. The Morgan fingerprint density at radius 3 is 2.57 bits per heavy atom. The highest BCUT2D eigenvalue weighted by molar-refractivity contribution is 7.98. The second-order valence-corrected chi connectivity index (χ2v) is 7.97. The molecule has 0 bridgehead atoms. The summed E-state index contributed by atoms with van der Waals surface area (Å²) in [5.41, 5.74) is 1.94.